The van der Waals surface area contributed by atoms with Crippen LogP contribution in [0.15, 0.2) is 51.9 Å². The van der Waals surface area contributed by atoms with E-state index in [-0.39, 0.29) is 11.5 Å². The van der Waals surface area contributed by atoms with Crippen LogP contribution in [0.3, 0.4) is 0 Å². The van der Waals surface area contributed by atoms with Gasteiger partial charge in [-0.25, -0.2) is 4.98 Å². The molecule has 124 valence electrons. The third kappa shape index (κ3) is 3.56. The minimum Gasteiger partial charge on any atom is -0.408 e. The van der Waals surface area contributed by atoms with Gasteiger partial charge in [-0.3, -0.25) is 4.79 Å². The molecule has 3 rings (SSSR count). The molecule has 0 aliphatic heterocycles. The minimum atomic E-state index is -0.285. The quantitative estimate of drug-likeness (QED) is 0.725. The number of aromatic nitrogens is 3. The Morgan fingerprint density at radius 1 is 1.29 bits per heavy atom. The Hall–Kier alpha value is -2.41. The molecule has 0 unspecified atom stereocenters. The van der Waals surface area contributed by atoms with E-state index in [1.807, 2.05) is 44.2 Å². The van der Waals surface area contributed by atoms with Crippen molar-refractivity contribution in [3.8, 4) is 0 Å². The van der Waals surface area contributed by atoms with Crippen LogP contribution in [0.4, 0.5) is 11.6 Å². The highest BCUT2D eigenvalue weighted by Crippen LogP contribution is 2.17. The van der Waals surface area contributed by atoms with Gasteiger partial charge >= 0.3 is 0 Å². The molecule has 0 aliphatic rings. The SMILES string of the molecule is CC(C)COn1c(=O)c(Br)cc2cnc(Nc3ccccc3)nc21. The second-order valence-corrected chi connectivity index (χ2v) is 6.60. The molecule has 1 aromatic carbocycles. The van der Waals surface area contributed by atoms with Gasteiger partial charge in [-0.15, -0.1) is 4.73 Å². The van der Waals surface area contributed by atoms with Crippen molar-refractivity contribution in [2.45, 2.75) is 13.8 Å². The first kappa shape index (κ1) is 16.4. The van der Waals surface area contributed by atoms with E-state index >= 15 is 0 Å². The van der Waals surface area contributed by atoms with E-state index in [2.05, 4.69) is 31.2 Å². The molecule has 0 fully saturated rings. The molecule has 0 saturated carbocycles. The Labute approximate surface area is 147 Å². The van der Waals surface area contributed by atoms with Crippen LogP contribution in [0, 0.1) is 5.92 Å². The highest BCUT2D eigenvalue weighted by molar-refractivity contribution is 9.10. The molecule has 0 radical (unpaired) electrons. The van der Waals surface area contributed by atoms with Gasteiger partial charge < -0.3 is 10.2 Å². The van der Waals surface area contributed by atoms with Crippen LogP contribution in [0.5, 0.6) is 0 Å². The lowest BCUT2D eigenvalue weighted by Gasteiger charge is -2.13. The Morgan fingerprint density at radius 2 is 2.04 bits per heavy atom. The molecular formula is C17H17BrN4O2. The number of anilines is 2. The Balaban J connectivity index is 2.04. The van der Waals surface area contributed by atoms with Crippen LogP contribution >= 0.6 is 15.9 Å². The molecule has 0 amide bonds. The van der Waals surface area contributed by atoms with E-state index in [0.29, 0.717) is 28.1 Å². The van der Waals surface area contributed by atoms with E-state index in [4.69, 9.17) is 4.84 Å². The summed E-state index contributed by atoms with van der Waals surface area (Å²) in [6, 6.07) is 11.3. The molecular weight excluding hydrogens is 372 g/mol. The molecule has 1 N–H and O–H groups in total. The summed E-state index contributed by atoms with van der Waals surface area (Å²) in [6.45, 7) is 4.45. The van der Waals surface area contributed by atoms with Crippen LogP contribution in [-0.4, -0.2) is 21.3 Å². The smallest absolute Gasteiger partial charge is 0.299 e. The minimum absolute atomic E-state index is 0.285. The maximum absolute atomic E-state index is 12.4. The van der Waals surface area contributed by atoms with Gasteiger partial charge in [-0.2, -0.15) is 4.98 Å². The average molecular weight is 389 g/mol. The van der Waals surface area contributed by atoms with Gasteiger partial charge in [0.2, 0.25) is 5.95 Å². The van der Waals surface area contributed by atoms with Crippen LogP contribution in [-0.2, 0) is 0 Å². The maximum atomic E-state index is 12.4. The summed E-state index contributed by atoms with van der Waals surface area (Å²) in [6.07, 6.45) is 1.66. The summed E-state index contributed by atoms with van der Waals surface area (Å²) in [5, 5.41) is 3.83. The largest absolute Gasteiger partial charge is 0.408 e. The standard InChI is InChI=1S/C17H17BrN4O2/c1-11(2)10-24-22-15-12(8-14(18)16(22)23)9-19-17(21-15)20-13-6-4-3-5-7-13/h3-9,11H,10H2,1-2H3,(H,19,20,21). The zero-order valence-corrected chi connectivity index (χ0v) is 14.9. The zero-order chi connectivity index (χ0) is 17.1. The second kappa shape index (κ2) is 7.00. The number of fused-ring (bicyclic) bond motifs is 1. The summed E-state index contributed by atoms with van der Waals surface area (Å²) < 4.78 is 1.63. The predicted octanol–water partition coefficient (Wildman–Crippen LogP) is 3.38. The van der Waals surface area contributed by atoms with Gasteiger partial charge in [0.25, 0.3) is 5.56 Å². The monoisotopic (exact) mass is 388 g/mol. The normalized spacial score (nSPS) is 11.0. The van der Waals surface area contributed by atoms with Crippen molar-refractivity contribution < 1.29 is 4.84 Å². The third-order valence-corrected chi connectivity index (χ3v) is 3.79. The number of nitrogens with one attached hydrogen (secondary N) is 1. The van der Waals surface area contributed by atoms with E-state index in [1.54, 1.807) is 12.3 Å². The lowest BCUT2D eigenvalue weighted by molar-refractivity contribution is 0.0891. The van der Waals surface area contributed by atoms with Crippen LogP contribution < -0.4 is 15.7 Å². The number of rotatable bonds is 5. The number of hydrogen-bond acceptors (Lipinski definition) is 5. The zero-order valence-electron chi connectivity index (χ0n) is 13.4. The van der Waals surface area contributed by atoms with Crippen LogP contribution in [0.25, 0.3) is 11.0 Å². The lowest BCUT2D eigenvalue weighted by atomic mass is 10.2. The van der Waals surface area contributed by atoms with Crippen LogP contribution in [0.2, 0.25) is 0 Å². The molecule has 0 aliphatic carbocycles. The molecule has 0 spiro atoms. The average Bonchev–Trinajstić information content (AvgIpc) is 2.56. The van der Waals surface area contributed by atoms with E-state index in [0.717, 1.165) is 5.69 Å². The summed E-state index contributed by atoms with van der Waals surface area (Å²) >= 11 is 3.26. The van der Waals surface area contributed by atoms with Crippen molar-refractivity contribution in [2.24, 2.45) is 5.92 Å². The summed E-state index contributed by atoms with van der Waals surface area (Å²) in [5.41, 5.74) is 1.01. The first-order valence-corrected chi connectivity index (χ1v) is 8.37. The van der Waals surface area contributed by atoms with Crippen molar-refractivity contribution >= 4 is 38.6 Å². The predicted molar refractivity (Wildman–Crippen MR) is 97.5 cm³/mol. The lowest BCUT2D eigenvalue weighted by Crippen LogP contribution is -2.30. The molecule has 2 heterocycles. The van der Waals surface area contributed by atoms with Gasteiger partial charge in [-0.05, 0) is 40.0 Å². The van der Waals surface area contributed by atoms with Crippen molar-refractivity contribution in [3.63, 3.8) is 0 Å². The summed E-state index contributed by atoms with van der Waals surface area (Å²) in [7, 11) is 0. The first-order valence-electron chi connectivity index (χ1n) is 7.58. The number of hydrogen-bond donors (Lipinski definition) is 1. The molecule has 0 saturated heterocycles. The first-order chi connectivity index (χ1) is 11.5. The topological polar surface area (TPSA) is 69.0 Å². The van der Waals surface area contributed by atoms with Crippen molar-refractivity contribution in [2.75, 3.05) is 11.9 Å². The number of halogens is 1. The highest BCUT2D eigenvalue weighted by Gasteiger charge is 2.12. The highest BCUT2D eigenvalue weighted by atomic mass is 79.9. The Bertz CT molecular complexity index is 910. The van der Waals surface area contributed by atoms with Crippen molar-refractivity contribution in [1.82, 2.24) is 14.7 Å². The summed E-state index contributed by atoms with van der Waals surface area (Å²) in [5.74, 6) is 0.687. The molecule has 7 heteroatoms. The molecule has 24 heavy (non-hydrogen) atoms. The van der Waals surface area contributed by atoms with Gasteiger partial charge in [0.1, 0.15) is 6.61 Å². The molecule has 3 aromatic rings. The van der Waals surface area contributed by atoms with Gasteiger partial charge in [0, 0.05) is 17.3 Å². The number of nitrogens with zero attached hydrogens (tertiary/aromatic N) is 3. The molecule has 2 aromatic heterocycles. The van der Waals surface area contributed by atoms with Crippen molar-refractivity contribution in [1.29, 1.82) is 0 Å². The molecule has 0 atom stereocenters. The molecule has 0 bridgehead atoms. The maximum Gasteiger partial charge on any atom is 0.299 e. The fourth-order valence-corrected chi connectivity index (χ4v) is 2.50. The van der Waals surface area contributed by atoms with Gasteiger partial charge in [0.15, 0.2) is 5.65 Å². The third-order valence-electron chi connectivity index (χ3n) is 3.23. The number of benzene rings is 1. The van der Waals surface area contributed by atoms with Crippen LogP contribution in [0.1, 0.15) is 13.8 Å². The van der Waals surface area contributed by atoms with E-state index in [1.165, 1.54) is 4.73 Å². The number of pyridine rings is 1. The number of para-hydroxylation sites is 1. The van der Waals surface area contributed by atoms with E-state index < -0.39 is 0 Å². The summed E-state index contributed by atoms with van der Waals surface area (Å²) in [4.78, 5) is 26.8. The van der Waals surface area contributed by atoms with Gasteiger partial charge in [-0.1, -0.05) is 32.0 Å². The van der Waals surface area contributed by atoms with Crippen molar-refractivity contribution in [3.05, 3.63) is 57.4 Å². The van der Waals surface area contributed by atoms with Gasteiger partial charge in [0.05, 0.1) is 4.47 Å². The fourth-order valence-electron chi connectivity index (χ4n) is 2.09. The fraction of sp³-hybridized carbons (Fsp3) is 0.235. The second-order valence-electron chi connectivity index (χ2n) is 5.75. The Morgan fingerprint density at radius 3 is 2.75 bits per heavy atom. The van der Waals surface area contributed by atoms with E-state index in [9.17, 15) is 4.79 Å². The Kier molecular flexibility index (Phi) is 4.80. The molecule has 6 nitrogen and oxygen atoms in total.